The molecule has 2 N–H and O–H groups in total. The minimum Gasteiger partial charge on any atom is -0.337 e. The third kappa shape index (κ3) is 3.85. The Morgan fingerprint density at radius 2 is 1.72 bits per heavy atom. The molecular formula is C19H20N4OS. The number of carbonyl (C=O) groups is 1. The van der Waals surface area contributed by atoms with Gasteiger partial charge in [0.2, 0.25) is 5.91 Å². The first-order chi connectivity index (χ1) is 12.1. The number of para-hydroxylation sites is 1. The van der Waals surface area contributed by atoms with Crippen molar-refractivity contribution in [2.75, 3.05) is 17.8 Å². The number of anilines is 1. The molecule has 0 radical (unpaired) electrons. The van der Waals surface area contributed by atoms with Crippen molar-refractivity contribution < 1.29 is 4.79 Å². The third-order valence-electron chi connectivity index (χ3n) is 3.87. The van der Waals surface area contributed by atoms with Gasteiger partial charge in [-0.05, 0) is 19.1 Å². The summed E-state index contributed by atoms with van der Waals surface area (Å²) in [6.07, 6.45) is 1.77. The van der Waals surface area contributed by atoms with Gasteiger partial charge in [0, 0.05) is 18.3 Å². The Hall–Kier alpha value is -2.73. The van der Waals surface area contributed by atoms with Gasteiger partial charge in [-0.1, -0.05) is 60.3 Å². The molecule has 0 fully saturated rings. The molecule has 0 unspecified atom stereocenters. The Labute approximate surface area is 151 Å². The number of nitrogens with zero attached hydrogens (tertiary/aromatic N) is 3. The zero-order valence-corrected chi connectivity index (χ0v) is 15.0. The van der Waals surface area contributed by atoms with Crippen molar-refractivity contribution in [3.8, 4) is 11.3 Å². The fraction of sp³-hybridized carbons (Fsp3) is 0.158. The first-order valence-electron chi connectivity index (χ1n) is 7.95. The van der Waals surface area contributed by atoms with Crippen molar-refractivity contribution in [2.24, 2.45) is 0 Å². The number of benzene rings is 2. The number of nitrogens with two attached hydrogens (primary N) is 1. The van der Waals surface area contributed by atoms with Crippen molar-refractivity contribution in [1.29, 1.82) is 0 Å². The quantitative estimate of drug-likeness (QED) is 0.564. The van der Waals surface area contributed by atoms with Crippen LogP contribution in [0.25, 0.3) is 11.3 Å². The first-order valence-corrected chi connectivity index (χ1v) is 8.83. The van der Waals surface area contributed by atoms with Gasteiger partial charge in [-0.3, -0.25) is 4.79 Å². The number of rotatable bonds is 5. The van der Waals surface area contributed by atoms with Crippen LogP contribution in [0, 0.1) is 0 Å². The van der Waals surface area contributed by atoms with Crippen LogP contribution in [-0.4, -0.2) is 27.9 Å². The molecule has 3 aromatic rings. The predicted octanol–water partition coefficient (Wildman–Crippen LogP) is 3.41. The zero-order valence-electron chi connectivity index (χ0n) is 14.2. The number of amides is 1. The highest BCUT2D eigenvalue weighted by Crippen LogP contribution is 2.27. The molecule has 1 aromatic heterocycles. The molecule has 0 aliphatic heterocycles. The molecule has 0 bridgehead atoms. The second-order valence-electron chi connectivity index (χ2n) is 5.67. The summed E-state index contributed by atoms with van der Waals surface area (Å²) in [5, 5.41) is 0.305. The van der Waals surface area contributed by atoms with Gasteiger partial charge in [0.05, 0.1) is 17.1 Å². The lowest BCUT2D eigenvalue weighted by molar-refractivity contribution is -0.117. The second-order valence-corrected chi connectivity index (χ2v) is 6.98. The van der Waals surface area contributed by atoms with E-state index in [1.807, 2.05) is 67.6 Å². The zero-order chi connectivity index (χ0) is 17.8. The lowest BCUT2D eigenvalue weighted by Crippen LogP contribution is -2.33. The molecule has 25 heavy (non-hydrogen) atoms. The topological polar surface area (TPSA) is 64.2 Å². The van der Waals surface area contributed by atoms with Crippen LogP contribution >= 0.6 is 11.8 Å². The molecule has 1 atom stereocenters. The summed E-state index contributed by atoms with van der Waals surface area (Å²) in [5.74, 6) is 6.02. The summed E-state index contributed by atoms with van der Waals surface area (Å²) in [6, 6.07) is 19.4. The Kier molecular flexibility index (Phi) is 5.09. The Morgan fingerprint density at radius 1 is 1.12 bits per heavy atom. The Balaban J connectivity index is 1.74. The number of aromatic nitrogens is 2. The third-order valence-corrected chi connectivity index (χ3v) is 4.94. The smallest absolute Gasteiger partial charge is 0.240 e. The molecule has 5 nitrogen and oxygen atoms in total. The standard InChI is InChI=1S/C19H20N4OS/c1-14(18(24)22(2)16-11-7-4-8-12-16)25-19-21-17(13-23(19)20)15-9-5-3-6-10-15/h3-14H,20H2,1-2H3/t14-/m1/s1. The van der Waals surface area contributed by atoms with Crippen LogP contribution in [0.3, 0.4) is 0 Å². The number of imidazole rings is 1. The molecule has 1 amide bonds. The molecule has 0 spiro atoms. The van der Waals surface area contributed by atoms with E-state index in [4.69, 9.17) is 5.84 Å². The van der Waals surface area contributed by atoms with Crippen LogP contribution < -0.4 is 10.7 Å². The normalized spacial score (nSPS) is 11.9. The van der Waals surface area contributed by atoms with E-state index in [1.54, 1.807) is 18.1 Å². The minimum atomic E-state index is -0.307. The molecule has 0 aliphatic rings. The monoisotopic (exact) mass is 352 g/mol. The van der Waals surface area contributed by atoms with E-state index in [2.05, 4.69) is 4.98 Å². The van der Waals surface area contributed by atoms with Gasteiger partial charge in [-0.15, -0.1) is 0 Å². The van der Waals surface area contributed by atoms with Crippen LogP contribution in [0.1, 0.15) is 6.92 Å². The second kappa shape index (κ2) is 7.44. The van der Waals surface area contributed by atoms with E-state index in [0.717, 1.165) is 16.9 Å². The summed E-state index contributed by atoms with van der Waals surface area (Å²) in [5.41, 5.74) is 2.65. The van der Waals surface area contributed by atoms with Gasteiger partial charge in [-0.2, -0.15) is 0 Å². The largest absolute Gasteiger partial charge is 0.337 e. The van der Waals surface area contributed by atoms with Gasteiger partial charge in [-0.25, -0.2) is 9.66 Å². The van der Waals surface area contributed by atoms with Gasteiger partial charge in [0.1, 0.15) is 0 Å². The van der Waals surface area contributed by atoms with Crippen LogP contribution in [0.15, 0.2) is 72.0 Å². The van der Waals surface area contributed by atoms with Crippen molar-refractivity contribution >= 4 is 23.4 Å². The maximum absolute atomic E-state index is 12.7. The summed E-state index contributed by atoms with van der Waals surface area (Å²) in [4.78, 5) is 18.9. The summed E-state index contributed by atoms with van der Waals surface area (Å²) < 4.78 is 1.47. The number of thioether (sulfide) groups is 1. The van der Waals surface area contributed by atoms with Gasteiger partial charge >= 0.3 is 0 Å². The SMILES string of the molecule is C[C@@H](Sc1nc(-c2ccccc2)cn1N)C(=O)N(C)c1ccccc1. The highest BCUT2D eigenvalue weighted by Gasteiger charge is 2.22. The first kappa shape index (κ1) is 17.1. The van der Waals surface area contributed by atoms with E-state index in [0.29, 0.717) is 5.16 Å². The molecule has 1 heterocycles. The lowest BCUT2D eigenvalue weighted by atomic mass is 10.2. The highest BCUT2D eigenvalue weighted by molar-refractivity contribution is 8.00. The van der Waals surface area contributed by atoms with Crippen molar-refractivity contribution in [3.05, 3.63) is 66.9 Å². The Bertz CT molecular complexity index is 848. The maximum Gasteiger partial charge on any atom is 0.240 e. The lowest BCUT2D eigenvalue weighted by Gasteiger charge is -2.20. The number of nitrogen functional groups attached to an aromatic ring is 1. The van der Waals surface area contributed by atoms with Crippen molar-refractivity contribution in [3.63, 3.8) is 0 Å². The predicted molar refractivity (Wildman–Crippen MR) is 103 cm³/mol. The van der Waals surface area contributed by atoms with E-state index >= 15 is 0 Å². The molecule has 2 aromatic carbocycles. The molecular weight excluding hydrogens is 332 g/mol. The van der Waals surface area contributed by atoms with Crippen molar-refractivity contribution in [1.82, 2.24) is 9.66 Å². The molecule has 128 valence electrons. The van der Waals surface area contributed by atoms with Gasteiger partial charge in [0.15, 0.2) is 5.16 Å². The highest BCUT2D eigenvalue weighted by atomic mass is 32.2. The fourth-order valence-corrected chi connectivity index (χ4v) is 3.37. The number of hydrogen-bond donors (Lipinski definition) is 1. The summed E-state index contributed by atoms with van der Waals surface area (Å²) in [6.45, 7) is 1.86. The maximum atomic E-state index is 12.7. The molecule has 3 rings (SSSR count). The van der Waals surface area contributed by atoms with E-state index in [9.17, 15) is 4.79 Å². The molecule has 0 saturated carbocycles. The number of carbonyl (C=O) groups excluding carboxylic acids is 1. The van der Waals surface area contributed by atoms with E-state index in [-0.39, 0.29) is 11.2 Å². The fourth-order valence-electron chi connectivity index (χ4n) is 2.47. The van der Waals surface area contributed by atoms with Crippen molar-refractivity contribution in [2.45, 2.75) is 17.3 Å². The number of hydrogen-bond acceptors (Lipinski definition) is 4. The Morgan fingerprint density at radius 3 is 2.36 bits per heavy atom. The van der Waals surface area contributed by atoms with E-state index in [1.165, 1.54) is 16.4 Å². The van der Waals surface area contributed by atoms with Crippen LogP contribution in [-0.2, 0) is 4.79 Å². The molecule has 0 saturated heterocycles. The average molecular weight is 352 g/mol. The summed E-state index contributed by atoms with van der Waals surface area (Å²) >= 11 is 1.35. The minimum absolute atomic E-state index is 0.000427. The average Bonchev–Trinajstić information content (AvgIpc) is 3.02. The van der Waals surface area contributed by atoms with Crippen LogP contribution in [0.2, 0.25) is 0 Å². The molecule has 6 heteroatoms. The molecule has 0 aliphatic carbocycles. The van der Waals surface area contributed by atoms with E-state index < -0.39 is 0 Å². The van der Waals surface area contributed by atoms with Gasteiger partial charge in [0.25, 0.3) is 0 Å². The van der Waals surface area contributed by atoms with Gasteiger partial charge < -0.3 is 10.7 Å². The summed E-state index contributed by atoms with van der Waals surface area (Å²) in [7, 11) is 1.78. The van der Waals surface area contributed by atoms with Crippen LogP contribution in [0.4, 0.5) is 5.69 Å². The van der Waals surface area contributed by atoms with Crippen LogP contribution in [0.5, 0.6) is 0 Å².